The van der Waals surface area contributed by atoms with E-state index in [1.54, 1.807) is 0 Å². The van der Waals surface area contributed by atoms with E-state index in [9.17, 15) is 5.11 Å². The van der Waals surface area contributed by atoms with E-state index in [0.29, 0.717) is 13.1 Å². The van der Waals surface area contributed by atoms with Crippen molar-refractivity contribution in [1.29, 1.82) is 0 Å². The molecule has 0 radical (unpaired) electrons. The molecule has 0 atom stereocenters. The van der Waals surface area contributed by atoms with E-state index >= 15 is 0 Å². The molecule has 19 heavy (non-hydrogen) atoms. The number of hydrogen-bond donors (Lipinski definition) is 2. The Morgan fingerprint density at radius 2 is 2.21 bits per heavy atom. The van der Waals surface area contributed by atoms with Gasteiger partial charge in [0.2, 0.25) is 0 Å². The van der Waals surface area contributed by atoms with Crippen molar-refractivity contribution in [2.24, 2.45) is 5.73 Å². The Hall–Kier alpha value is -1.13. The third kappa shape index (κ3) is 3.25. The molecule has 0 aliphatic heterocycles. The SMILES string of the molecule is CCCCN(CCO)c1nc2c(cc1CN)CCC2. The molecule has 0 fully saturated rings. The number of aliphatic hydroxyl groups is 1. The van der Waals surface area contributed by atoms with Gasteiger partial charge >= 0.3 is 0 Å². The normalized spacial score (nSPS) is 13.6. The van der Waals surface area contributed by atoms with E-state index in [4.69, 9.17) is 10.7 Å². The zero-order chi connectivity index (χ0) is 13.7. The van der Waals surface area contributed by atoms with Crippen LogP contribution in [-0.2, 0) is 19.4 Å². The minimum absolute atomic E-state index is 0.159. The molecular formula is C15H25N3O. The topological polar surface area (TPSA) is 62.4 Å². The van der Waals surface area contributed by atoms with Gasteiger partial charge in [-0.25, -0.2) is 4.98 Å². The highest BCUT2D eigenvalue weighted by Crippen LogP contribution is 2.27. The average molecular weight is 263 g/mol. The molecular weight excluding hydrogens is 238 g/mol. The number of aryl methyl sites for hydroxylation is 2. The first kappa shape index (κ1) is 14.3. The van der Waals surface area contributed by atoms with Gasteiger partial charge in [0.15, 0.2) is 0 Å². The van der Waals surface area contributed by atoms with E-state index in [2.05, 4.69) is 17.9 Å². The second-order valence-corrected chi connectivity index (χ2v) is 5.20. The molecule has 0 spiro atoms. The van der Waals surface area contributed by atoms with Gasteiger partial charge < -0.3 is 15.7 Å². The molecule has 1 aliphatic rings. The number of anilines is 1. The number of hydrogen-bond acceptors (Lipinski definition) is 4. The number of unbranched alkanes of at least 4 members (excludes halogenated alkanes) is 1. The number of nitrogens with zero attached hydrogens (tertiary/aromatic N) is 2. The van der Waals surface area contributed by atoms with Crippen molar-refractivity contribution in [1.82, 2.24) is 4.98 Å². The number of aliphatic hydroxyl groups excluding tert-OH is 1. The number of nitrogens with two attached hydrogens (primary N) is 1. The van der Waals surface area contributed by atoms with Crippen LogP contribution in [0.25, 0.3) is 0 Å². The van der Waals surface area contributed by atoms with Crippen LogP contribution in [-0.4, -0.2) is 29.8 Å². The lowest BCUT2D eigenvalue weighted by molar-refractivity contribution is 0.301. The summed E-state index contributed by atoms with van der Waals surface area (Å²) in [5, 5.41) is 9.25. The van der Waals surface area contributed by atoms with E-state index in [1.807, 2.05) is 0 Å². The monoisotopic (exact) mass is 263 g/mol. The fraction of sp³-hybridized carbons (Fsp3) is 0.667. The second-order valence-electron chi connectivity index (χ2n) is 5.20. The van der Waals surface area contributed by atoms with Gasteiger partial charge in [-0.3, -0.25) is 0 Å². The molecule has 3 N–H and O–H groups in total. The predicted octanol–water partition coefficient (Wildman–Crippen LogP) is 1.63. The summed E-state index contributed by atoms with van der Waals surface area (Å²) >= 11 is 0. The third-order valence-corrected chi connectivity index (χ3v) is 3.78. The van der Waals surface area contributed by atoms with Crippen molar-refractivity contribution < 1.29 is 5.11 Å². The van der Waals surface area contributed by atoms with Gasteiger partial charge in [-0.2, -0.15) is 0 Å². The molecule has 4 heteroatoms. The number of fused-ring (bicyclic) bond motifs is 1. The van der Waals surface area contributed by atoms with Crippen LogP contribution >= 0.6 is 0 Å². The summed E-state index contributed by atoms with van der Waals surface area (Å²) in [4.78, 5) is 7.02. The first-order valence-corrected chi connectivity index (χ1v) is 7.37. The van der Waals surface area contributed by atoms with Gasteiger partial charge in [0, 0.05) is 30.9 Å². The molecule has 0 amide bonds. The number of rotatable bonds is 7. The summed E-state index contributed by atoms with van der Waals surface area (Å²) in [6, 6.07) is 2.22. The van der Waals surface area contributed by atoms with Gasteiger partial charge in [0.1, 0.15) is 5.82 Å². The third-order valence-electron chi connectivity index (χ3n) is 3.78. The van der Waals surface area contributed by atoms with Crippen molar-refractivity contribution >= 4 is 5.82 Å². The Morgan fingerprint density at radius 1 is 1.37 bits per heavy atom. The van der Waals surface area contributed by atoms with Gasteiger partial charge in [-0.1, -0.05) is 13.3 Å². The standard InChI is InChI=1S/C15H25N3O/c1-2-3-7-18(8-9-19)15-13(11-16)10-12-5-4-6-14(12)17-15/h10,19H,2-9,11,16H2,1H3. The second kappa shape index (κ2) is 6.87. The molecule has 2 rings (SSSR count). The van der Waals surface area contributed by atoms with Crippen LogP contribution in [0.1, 0.15) is 43.0 Å². The molecule has 0 unspecified atom stereocenters. The Morgan fingerprint density at radius 3 is 2.89 bits per heavy atom. The number of pyridine rings is 1. The van der Waals surface area contributed by atoms with Crippen LogP contribution in [0.4, 0.5) is 5.82 Å². The first-order valence-electron chi connectivity index (χ1n) is 7.37. The smallest absolute Gasteiger partial charge is 0.133 e. The lowest BCUT2D eigenvalue weighted by Gasteiger charge is -2.25. The quantitative estimate of drug-likeness (QED) is 0.785. The van der Waals surface area contributed by atoms with E-state index in [-0.39, 0.29) is 6.61 Å². The van der Waals surface area contributed by atoms with Gasteiger partial charge in [0.05, 0.1) is 6.61 Å². The zero-order valence-corrected chi connectivity index (χ0v) is 11.9. The maximum atomic E-state index is 9.25. The fourth-order valence-corrected chi connectivity index (χ4v) is 2.73. The minimum Gasteiger partial charge on any atom is -0.395 e. The fourth-order valence-electron chi connectivity index (χ4n) is 2.73. The van der Waals surface area contributed by atoms with E-state index < -0.39 is 0 Å². The molecule has 0 aromatic carbocycles. The molecule has 1 heterocycles. The Bertz CT molecular complexity index is 420. The van der Waals surface area contributed by atoms with Crippen molar-refractivity contribution in [3.05, 3.63) is 22.9 Å². The van der Waals surface area contributed by atoms with E-state index in [0.717, 1.165) is 43.6 Å². The van der Waals surface area contributed by atoms with Crippen molar-refractivity contribution in [2.75, 3.05) is 24.6 Å². The van der Waals surface area contributed by atoms with Gasteiger partial charge in [0.25, 0.3) is 0 Å². The largest absolute Gasteiger partial charge is 0.395 e. The van der Waals surface area contributed by atoms with Crippen LogP contribution in [0.15, 0.2) is 6.07 Å². The summed E-state index contributed by atoms with van der Waals surface area (Å²) in [5.41, 5.74) is 9.59. The predicted molar refractivity (Wildman–Crippen MR) is 78.4 cm³/mol. The molecule has 1 aromatic rings. The Kier molecular flexibility index (Phi) is 5.16. The first-order chi connectivity index (χ1) is 9.30. The highest BCUT2D eigenvalue weighted by Gasteiger charge is 2.19. The highest BCUT2D eigenvalue weighted by molar-refractivity contribution is 5.51. The summed E-state index contributed by atoms with van der Waals surface area (Å²) in [6.07, 6.45) is 5.66. The van der Waals surface area contributed by atoms with Crippen LogP contribution in [0, 0.1) is 0 Å². The highest BCUT2D eigenvalue weighted by atomic mass is 16.3. The summed E-state index contributed by atoms with van der Waals surface area (Å²) in [7, 11) is 0. The Labute approximate surface area is 115 Å². The molecule has 0 bridgehead atoms. The van der Waals surface area contributed by atoms with Gasteiger partial charge in [-0.15, -0.1) is 0 Å². The minimum atomic E-state index is 0.159. The summed E-state index contributed by atoms with van der Waals surface area (Å²) in [6.45, 7) is 4.43. The van der Waals surface area contributed by atoms with Crippen LogP contribution in [0.2, 0.25) is 0 Å². The lowest BCUT2D eigenvalue weighted by Crippen LogP contribution is -2.30. The van der Waals surface area contributed by atoms with Crippen LogP contribution in [0.3, 0.4) is 0 Å². The molecule has 0 saturated heterocycles. The van der Waals surface area contributed by atoms with Crippen molar-refractivity contribution in [3.63, 3.8) is 0 Å². The van der Waals surface area contributed by atoms with Crippen LogP contribution in [0.5, 0.6) is 0 Å². The zero-order valence-electron chi connectivity index (χ0n) is 11.9. The maximum Gasteiger partial charge on any atom is 0.133 e. The Balaban J connectivity index is 2.28. The molecule has 0 saturated carbocycles. The summed E-state index contributed by atoms with van der Waals surface area (Å²) in [5.74, 6) is 0.991. The van der Waals surface area contributed by atoms with E-state index in [1.165, 1.54) is 17.7 Å². The van der Waals surface area contributed by atoms with Crippen LogP contribution < -0.4 is 10.6 Å². The van der Waals surface area contributed by atoms with Crippen molar-refractivity contribution in [3.8, 4) is 0 Å². The maximum absolute atomic E-state index is 9.25. The summed E-state index contributed by atoms with van der Waals surface area (Å²) < 4.78 is 0. The molecule has 1 aromatic heterocycles. The molecule has 4 nitrogen and oxygen atoms in total. The number of aromatic nitrogens is 1. The van der Waals surface area contributed by atoms with Gasteiger partial charge in [-0.05, 0) is 37.3 Å². The van der Waals surface area contributed by atoms with Crippen molar-refractivity contribution in [2.45, 2.75) is 45.6 Å². The molecule has 106 valence electrons. The molecule has 1 aliphatic carbocycles. The lowest BCUT2D eigenvalue weighted by atomic mass is 10.1. The average Bonchev–Trinajstić information content (AvgIpc) is 2.89.